The quantitative estimate of drug-likeness (QED) is 0.644. The maximum atomic E-state index is 12.6. The monoisotopic (exact) mass is 343 g/mol. The minimum Gasteiger partial charge on any atom is -0.465 e. The van der Waals surface area contributed by atoms with Crippen molar-refractivity contribution >= 4 is 17.7 Å². The fourth-order valence-corrected chi connectivity index (χ4v) is 2.66. The highest BCUT2D eigenvalue weighted by atomic mass is 16.5. The van der Waals surface area contributed by atoms with Gasteiger partial charge in [-0.2, -0.15) is 0 Å². The standard InChI is InChI=1S/C19H21NO5/c1-11-16(19(23)24-4)12(2)20-17(11)18(22)13(3)25-15(21)10-14-8-6-5-7-9-14/h5-9,13,20H,10H2,1-4H3/t13-/m0/s1. The summed E-state index contributed by atoms with van der Waals surface area (Å²) in [6.07, 6.45) is -0.868. The molecule has 6 nitrogen and oxygen atoms in total. The first kappa shape index (κ1) is 18.4. The van der Waals surface area contributed by atoms with E-state index < -0.39 is 23.8 Å². The van der Waals surface area contributed by atoms with Crippen molar-refractivity contribution in [3.05, 3.63) is 58.4 Å². The van der Waals surface area contributed by atoms with E-state index in [1.54, 1.807) is 13.8 Å². The van der Waals surface area contributed by atoms with Gasteiger partial charge in [-0.1, -0.05) is 30.3 Å². The van der Waals surface area contributed by atoms with Gasteiger partial charge in [0.2, 0.25) is 5.78 Å². The zero-order valence-corrected chi connectivity index (χ0v) is 14.7. The van der Waals surface area contributed by atoms with Crippen LogP contribution >= 0.6 is 0 Å². The van der Waals surface area contributed by atoms with Gasteiger partial charge in [-0.25, -0.2) is 4.79 Å². The van der Waals surface area contributed by atoms with E-state index in [0.717, 1.165) is 5.56 Å². The Morgan fingerprint density at radius 3 is 2.36 bits per heavy atom. The van der Waals surface area contributed by atoms with Crippen LogP contribution in [0.2, 0.25) is 0 Å². The number of benzene rings is 1. The Bertz CT molecular complexity index is 792. The first-order valence-corrected chi connectivity index (χ1v) is 7.90. The van der Waals surface area contributed by atoms with Gasteiger partial charge in [-0.05, 0) is 31.9 Å². The van der Waals surface area contributed by atoms with Gasteiger partial charge in [0.05, 0.1) is 24.8 Å². The van der Waals surface area contributed by atoms with Crippen LogP contribution in [-0.2, 0) is 20.7 Å². The molecule has 0 aliphatic heterocycles. The Balaban J connectivity index is 2.10. The van der Waals surface area contributed by atoms with Crippen molar-refractivity contribution < 1.29 is 23.9 Å². The number of Topliss-reactive ketones (excluding diaryl/α,β-unsaturated/α-hetero) is 1. The number of esters is 2. The zero-order valence-electron chi connectivity index (χ0n) is 14.7. The lowest BCUT2D eigenvalue weighted by Crippen LogP contribution is -2.26. The van der Waals surface area contributed by atoms with Crippen LogP contribution in [0.15, 0.2) is 30.3 Å². The van der Waals surface area contributed by atoms with Crippen LogP contribution in [0.5, 0.6) is 0 Å². The van der Waals surface area contributed by atoms with Crippen LogP contribution in [0.1, 0.15) is 44.6 Å². The average molecular weight is 343 g/mol. The number of rotatable bonds is 6. The number of nitrogens with one attached hydrogen (secondary N) is 1. The van der Waals surface area contributed by atoms with Gasteiger partial charge in [-0.3, -0.25) is 9.59 Å². The third kappa shape index (κ3) is 4.15. The van der Waals surface area contributed by atoms with E-state index in [1.165, 1.54) is 14.0 Å². The highest BCUT2D eigenvalue weighted by molar-refractivity contribution is 6.04. The van der Waals surface area contributed by atoms with Gasteiger partial charge >= 0.3 is 11.9 Å². The second kappa shape index (κ2) is 7.79. The number of aromatic amines is 1. The first-order chi connectivity index (χ1) is 11.8. The lowest BCUT2D eigenvalue weighted by Gasteiger charge is -2.12. The van der Waals surface area contributed by atoms with Gasteiger partial charge in [0.1, 0.15) is 0 Å². The van der Waals surface area contributed by atoms with Gasteiger partial charge in [0.15, 0.2) is 6.10 Å². The van der Waals surface area contributed by atoms with Crippen molar-refractivity contribution in [1.29, 1.82) is 0 Å². The normalized spacial score (nSPS) is 11.7. The Kier molecular flexibility index (Phi) is 5.75. The third-order valence-corrected chi connectivity index (χ3v) is 3.94. The van der Waals surface area contributed by atoms with Crippen molar-refractivity contribution in [1.82, 2.24) is 4.98 Å². The fraction of sp³-hybridized carbons (Fsp3) is 0.316. The van der Waals surface area contributed by atoms with Crippen LogP contribution < -0.4 is 0 Å². The summed E-state index contributed by atoms with van der Waals surface area (Å²) in [5.41, 5.74) is 2.41. The minimum absolute atomic E-state index is 0.0919. The molecule has 0 amide bonds. The smallest absolute Gasteiger partial charge is 0.339 e. The lowest BCUT2D eigenvalue weighted by molar-refractivity contribution is -0.145. The van der Waals surface area contributed by atoms with Crippen molar-refractivity contribution in [2.75, 3.05) is 7.11 Å². The Morgan fingerprint density at radius 1 is 1.12 bits per heavy atom. The molecule has 1 aromatic carbocycles. The number of carbonyl (C=O) groups excluding carboxylic acids is 3. The van der Waals surface area contributed by atoms with E-state index in [-0.39, 0.29) is 12.1 Å². The maximum Gasteiger partial charge on any atom is 0.339 e. The number of aromatic nitrogens is 1. The summed E-state index contributed by atoms with van der Waals surface area (Å²) in [5.74, 6) is -1.39. The molecule has 0 aliphatic rings. The van der Waals surface area contributed by atoms with Crippen LogP contribution in [0.4, 0.5) is 0 Å². The maximum absolute atomic E-state index is 12.6. The molecular weight excluding hydrogens is 322 g/mol. The third-order valence-electron chi connectivity index (χ3n) is 3.94. The van der Waals surface area contributed by atoms with Crippen molar-refractivity contribution in [3.8, 4) is 0 Å². The number of aryl methyl sites for hydroxylation is 1. The van der Waals surface area contributed by atoms with Crippen LogP contribution in [0, 0.1) is 13.8 Å². The Morgan fingerprint density at radius 2 is 1.76 bits per heavy atom. The Labute approximate surface area is 146 Å². The Hall–Kier alpha value is -2.89. The highest BCUT2D eigenvalue weighted by Crippen LogP contribution is 2.21. The van der Waals surface area contributed by atoms with Crippen LogP contribution in [-0.4, -0.2) is 35.9 Å². The van der Waals surface area contributed by atoms with Crippen LogP contribution in [0.25, 0.3) is 0 Å². The molecule has 6 heteroatoms. The number of hydrogen-bond donors (Lipinski definition) is 1. The number of hydrogen-bond acceptors (Lipinski definition) is 5. The molecule has 2 rings (SSSR count). The van der Waals surface area contributed by atoms with Crippen molar-refractivity contribution in [3.63, 3.8) is 0 Å². The summed E-state index contributed by atoms with van der Waals surface area (Å²) in [6, 6.07) is 9.15. The van der Waals surface area contributed by atoms with E-state index in [0.29, 0.717) is 16.8 Å². The SMILES string of the molecule is COC(=O)c1c(C)[nH]c(C(=O)[C@H](C)OC(=O)Cc2ccccc2)c1C. The molecule has 1 atom stereocenters. The fourth-order valence-electron chi connectivity index (χ4n) is 2.66. The summed E-state index contributed by atoms with van der Waals surface area (Å²) in [6.45, 7) is 4.85. The lowest BCUT2D eigenvalue weighted by atomic mass is 10.1. The molecule has 1 heterocycles. The largest absolute Gasteiger partial charge is 0.465 e. The van der Waals surface area contributed by atoms with E-state index in [4.69, 9.17) is 9.47 Å². The number of ether oxygens (including phenoxy) is 2. The molecule has 0 spiro atoms. The van der Waals surface area contributed by atoms with Gasteiger partial charge in [-0.15, -0.1) is 0 Å². The molecule has 0 saturated carbocycles. The first-order valence-electron chi connectivity index (χ1n) is 7.90. The molecule has 25 heavy (non-hydrogen) atoms. The number of ketones is 1. The molecule has 2 aromatic rings. The van der Waals surface area contributed by atoms with Gasteiger partial charge in [0, 0.05) is 5.69 Å². The van der Waals surface area contributed by atoms with Crippen molar-refractivity contribution in [2.24, 2.45) is 0 Å². The van der Waals surface area contributed by atoms with Gasteiger partial charge in [0.25, 0.3) is 0 Å². The molecule has 1 aromatic heterocycles. The molecule has 0 saturated heterocycles. The summed E-state index contributed by atoms with van der Waals surface area (Å²) >= 11 is 0. The molecule has 1 N–H and O–H groups in total. The van der Waals surface area contributed by atoms with Crippen LogP contribution in [0.3, 0.4) is 0 Å². The molecular formula is C19H21NO5. The summed E-state index contributed by atoms with van der Waals surface area (Å²) < 4.78 is 9.96. The summed E-state index contributed by atoms with van der Waals surface area (Å²) in [7, 11) is 1.28. The number of H-pyrrole nitrogens is 1. The van der Waals surface area contributed by atoms with Crippen molar-refractivity contribution in [2.45, 2.75) is 33.3 Å². The van der Waals surface area contributed by atoms with E-state index in [1.807, 2.05) is 30.3 Å². The second-order valence-electron chi connectivity index (χ2n) is 5.78. The second-order valence-corrected chi connectivity index (χ2v) is 5.78. The molecule has 132 valence electrons. The molecule has 0 radical (unpaired) electrons. The molecule has 0 aliphatic carbocycles. The summed E-state index contributed by atoms with van der Waals surface area (Å²) in [4.78, 5) is 39.3. The van der Waals surface area contributed by atoms with E-state index >= 15 is 0 Å². The van der Waals surface area contributed by atoms with E-state index in [2.05, 4.69) is 4.98 Å². The number of methoxy groups -OCH3 is 1. The summed E-state index contributed by atoms with van der Waals surface area (Å²) in [5, 5.41) is 0. The molecule has 0 fully saturated rings. The minimum atomic E-state index is -0.960. The molecule has 0 bridgehead atoms. The highest BCUT2D eigenvalue weighted by Gasteiger charge is 2.27. The topological polar surface area (TPSA) is 85.5 Å². The predicted molar refractivity (Wildman–Crippen MR) is 91.6 cm³/mol. The predicted octanol–water partition coefficient (Wildman–Crippen LogP) is 2.78. The zero-order chi connectivity index (χ0) is 18.6. The number of carbonyl (C=O) groups is 3. The van der Waals surface area contributed by atoms with E-state index in [9.17, 15) is 14.4 Å². The van der Waals surface area contributed by atoms with Gasteiger partial charge < -0.3 is 14.5 Å². The average Bonchev–Trinajstić information content (AvgIpc) is 2.88. The molecule has 0 unspecified atom stereocenters.